The fraction of sp³-hybridized carbons (Fsp3) is 0.0625. The lowest BCUT2D eigenvalue weighted by atomic mass is 10.1. The van der Waals surface area contributed by atoms with Crippen LogP contribution in [0, 0.1) is 0 Å². The van der Waals surface area contributed by atoms with Gasteiger partial charge < -0.3 is 9.84 Å². The van der Waals surface area contributed by atoms with Gasteiger partial charge in [-0.25, -0.2) is 4.79 Å². The number of carboxylic acid groups (broad SMARTS) is 1. The van der Waals surface area contributed by atoms with E-state index < -0.39 is 5.97 Å². The van der Waals surface area contributed by atoms with Crippen LogP contribution in [0.1, 0.15) is 5.56 Å². The van der Waals surface area contributed by atoms with E-state index in [1.807, 2.05) is 30.3 Å². The average Bonchev–Trinajstić information content (AvgIpc) is 2.46. The zero-order valence-corrected chi connectivity index (χ0v) is 11.4. The van der Waals surface area contributed by atoms with Crippen LogP contribution in [0.4, 0.5) is 0 Å². The maximum absolute atomic E-state index is 10.9. The van der Waals surface area contributed by atoms with Gasteiger partial charge in [-0.05, 0) is 29.8 Å². The Morgan fingerprint density at radius 2 is 1.75 bits per heavy atom. The molecule has 0 bridgehead atoms. The van der Waals surface area contributed by atoms with Crippen molar-refractivity contribution in [3.63, 3.8) is 0 Å². The third kappa shape index (κ3) is 4.14. The fourth-order valence-electron chi connectivity index (χ4n) is 1.70. The average molecular weight is 289 g/mol. The second-order valence-corrected chi connectivity index (χ2v) is 4.55. The van der Waals surface area contributed by atoms with Crippen molar-refractivity contribution in [1.29, 1.82) is 0 Å². The molecule has 0 fully saturated rings. The number of carbonyl (C=O) groups is 1. The van der Waals surface area contributed by atoms with Crippen LogP contribution < -0.4 is 4.74 Å². The van der Waals surface area contributed by atoms with Crippen LogP contribution in [0.15, 0.2) is 60.7 Å². The van der Waals surface area contributed by atoms with Crippen molar-refractivity contribution < 1.29 is 14.6 Å². The molecule has 0 amide bonds. The minimum atomic E-state index is -0.997. The standard InChI is InChI=1S/C16H13ClO3/c17-14-6-8-15(9-7-14)20-11-13(10-16(18)19)12-4-2-1-3-5-12/h1-10H,11H2,(H,18,19)/b13-10-. The predicted octanol–water partition coefficient (Wildman–Crippen LogP) is 3.89. The summed E-state index contributed by atoms with van der Waals surface area (Å²) in [5, 5.41) is 9.56. The van der Waals surface area contributed by atoms with Gasteiger partial charge >= 0.3 is 5.97 Å². The molecule has 0 heterocycles. The summed E-state index contributed by atoms with van der Waals surface area (Å²) in [4.78, 5) is 10.9. The van der Waals surface area contributed by atoms with Gasteiger partial charge in [0.25, 0.3) is 0 Å². The Kier molecular flexibility index (Phi) is 4.80. The summed E-state index contributed by atoms with van der Waals surface area (Å²) in [6, 6.07) is 16.2. The highest BCUT2D eigenvalue weighted by Gasteiger charge is 2.05. The lowest BCUT2D eigenvalue weighted by molar-refractivity contribution is -0.131. The monoisotopic (exact) mass is 288 g/mol. The predicted molar refractivity (Wildman–Crippen MR) is 79.0 cm³/mol. The zero-order valence-electron chi connectivity index (χ0n) is 10.6. The van der Waals surface area contributed by atoms with Crippen LogP contribution in [0.2, 0.25) is 5.02 Å². The minimum Gasteiger partial charge on any atom is -0.489 e. The molecule has 0 spiro atoms. The first kappa shape index (κ1) is 14.2. The topological polar surface area (TPSA) is 46.5 Å². The SMILES string of the molecule is O=C(O)/C=C(/COc1ccc(Cl)cc1)c1ccccc1. The second kappa shape index (κ2) is 6.78. The Morgan fingerprint density at radius 1 is 1.10 bits per heavy atom. The van der Waals surface area contributed by atoms with Crippen molar-refractivity contribution in [2.75, 3.05) is 6.61 Å². The van der Waals surface area contributed by atoms with Crippen LogP contribution in [0.3, 0.4) is 0 Å². The molecule has 0 atom stereocenters. The molecule has 0 radical (unpaired) electrons. The van der Waals surface area contributed by atoms with Crippen molar-refractivity contribution in [2.45, 2.75) is 0 Å². The Balaban J connectivity index is 2.13. The van der Waals surface area contributed by atoms with E-state index in [2.05, 4.69) is 0 Å². The number of rotatable bonds is 5. The first-order valence-corrected chi connectivity index (χ1v) is 6.40. The van der Waals surface area contributed by atoms with Gasteiger partial charge in [-0.2, -0.15) is 0 Å². The number of halogens is 1. The molecule has 2 aromatic carbocycles. The molecule has 0 aliphatic carbocycles. The van der Waals surface area contributed by atoms with E-state index in [-0.39, 0.29) is 6.61 Å². The highest BCUT2D eigenvalue weighted by molar-refractivity contribution is 6.30. The van der Waals surface area contributed by atoms with E-state index in [1.165, 1.54) is 0 Å². The third-order valence-corrected chi connectivity index (χ3v) is 2.90. The van der Waals surface area contributed by atoms with E-state index in [4.69, 9.17) is 21.4 Å². The summed E-state index contributed by atoms with van der Waals surface area (Å²) in [6.45, 7) is 0.179. The zero-order chi connectivity index (χ0) is 14.4. The molecule has 0 saturated carbocycles. The number of hydrogen-bond acceptors (Lipinski definition) is 2. The van der Waals surface area contributed by atoms with Gasteiger partial charge in [0.15, 0.2) is 0 Å². The van der Waals surface area contributed by atoms with Gasteiger partial charge in [0.2, 0.25) is 0 Å². The van der Waals surface area contributed by atoms with Crippen molar-refractivity contribution in [1.82, 2.24) is 0 Å². The molecule has 2 rings (SSSR count). The molecule has 1 N–H and O–H groups in total. The molecule has 3 nitrogen and oxygen atoms in total. The quantitative estimate of drug-likeness (QED) is 0.849. The number of aliphatic carboxylic acids is 1. The molecule has 0 aliphatic heterocycles. The first-order valence-electron chi connectivity index (χ1n) is 6.02. The van der Waals surface area contributed by atoms with Crippen LogP contribution in [-0.2, 0) is 4.79 Å². The Bertz CT molecular complexity index is 603. The largest absolute Gasteiger partial charge is 0.489 e. The van der Waals surface area contributed by atoms with Gasteiger partial charge in [-0.3, -0.25) is 0 Å². The van der Waals surface area contributed by atoms with E-state index in [0.717, 1.165) is 11.6 Å². The van der Waals surface area contributed by atoms with Crippen LogP contribution in [0.5, 0.6) is 5.75 Å². The van der Waals surface area contributed by atoms with Gasteiger partial charge in [-0.1, -0.05) is 41.9 Å². The number of hydrogen-bond donors (Lipinski definition) is 1. The molecular formula is C16H13ClO3. The molecule has 0 unspecified atom stereocenters. The highest BCUT2D eigenvalue weighted by atomic mass is 35.5. The molecule has 2 aromatic rings. The molecule has 0 aromatic heterocycles. The number of benzene rings is 2. The van der Waals surface area contributed by atoms with Crippen LogP contribution in [0.25, 0.3) is 5.57 Å². The van der Waals surface area contributed by atoms with Gasteiger partial charge in [0.1, 0.15) is 12.4 Å². The summed E-state index contributed by atoms with van der Waals surface area (Å²) >= 11 is 5.79. The lowest BCUT2D eigenvalue weighted by Gasteiger charge is -2.10. The maximum Gasteiger partial charge on any atom is 0.328 e. The van der Waals surface area contributed by atoms with Crippen molar-refractivity contribution in [3.8, 4) is 5.75 Å². The van der Waals surface area contributed by atoms with Gasteiger partial charge in [-0.15, -0.1) is 0 Å². The van der Waals surface area contributed by atoms with Crippen LogP contribution in [-0.4, -0.2) is 17.7 Å². The van der Waals surface area contributed by atoms with Crippen molar-refractivity contribution in [3.05, 3.63) is 71.3 Å². The van der Waals surface area contributed by atoms with Gasteiger partial charge in [0.05, 0.1) is 0 Å². The molecule has 0 aliphatic rings. The first-order chi connectivity index (χ1) is 9.65. The van der Waals surface area contributed by atoms with E-state index in [0.29, 0.717) is 16.3 Å². The summed E-state index contributed by atoms with van der Waals surface area (Å²) in [7, 11) is 0. The Morgan fingerprint density at radius 3 is 2.35 bits per heavy atom. The molecule has 102 valence electrons. The fourth-order valence-corrected chi connectivity index (χ4v) is 1.83. The molecule has 4 heteroatoms. The minimum absolute atomic E-state index is 0.179. The van der Waals surface area contributed by atoms with E-state index in [9.17, 15) is 4.79 Å². The summed E-state index contributed by atoms with van der Waals surface area (Å²) in [5.41, 5.74) is 1.43. The molecule has 0 saturated heterocycles. The summed E-state index contributed by atoms with van der Waals surface area (Å²) in [5.74, 6) is -0.356. The lowest BCUT2D eigenvalue weighted by Crippen LogP contribution is -2.03. The maximum atomic E-state index is 10.9. The third-order valence-electron chi connectivity index (χ3n) is 2.65. The summed E-state index contributed by atoms with van der Waals surface area (Å²) < 4.78 is 5.59. The normalized spacial score (nSPS) is 11.2. The second-order valence-electron chi connectivity index (χ2n) is 4.12. The number of carboxylic acids is 1. The van der Waals surface area contributed by atoms with Crippen LogP contribution >= 0.6 is 11.6 Å². The Labute approximate surface area is 122 Å². The van der Waals surface area contributed by atoms with E-state index >= 15 is 0 Å². The van der Waals surface area contributed by atoms with E-state index in [1.54, 1.807) is 24.3 Å². The van der Waals surface area contributed by atoms with Gasteiger partial charge in [0, 0.05) is 16.7 Å². The van der Waals surface area contributed by atoms with Crippen molar-refractivity contribution >= 4 is 23.1 Å². The summed E-state index contributed by atoms with van der Waals surface area (Å²) in [6.07, 6.45) is 1.16. The Hall–Kier alpha value is -2.26. The highest BCUT2D eigenvalue weighted by Crippen LogP contribution is 2.19. The smallest absolute Gasteiger partial charge is 0.328 e. The number of ether oxygens (including phenoxy) is 1. The molecule has 20 heavy (non-hydrogen) atoms. The van der Waals surface area contributed by atoms with Crippen molar-refractivity contribution in [2.24, 2.45) is 0 Å². The molecular weight excluding hydrogens is 276 g/mol.